The van der Waals surface area contributed by atoms with Crippen molar-refractivity contribution in [1.82, 2.24) is 19.4 Å². The summed E-state index contributed by atoms with van der Waals surface area (Å²) in [5.74, 6) is 0.0564. The van der Waals surface area contributed by atoms with Gasteiger partial charge < -0.3 is 14.6 Å². The van der Waals surface area contributed by atoms with Crippen LogP contribution in [0.4, 0.5) is 5.69 Å². The molecule has 0 aliphatic carbocycles. The number of rotatable bonds is 7. The second kappa shape index (κ2) is 9.58. The molecule has 9 nitrogen and oxygen atoms in total. The Kier molecular flexibility index (Phi) is 6.78. The highest BCUT2D eigenvalue weighted by atomic mass is 35.5. The van der Waals surface area contributed by atoms with Crippen LogP contribution in [0.25, 0.3) is 0 Å². The van der Waals surface area contributed by atoms with Crippen LogP contribution in [-0.2, 0) is 23.1 Å². The summed E-state index contributed by atoms with van der Waals surface area (Å²) < 4.78 is 35.0. The van der Waals surface area contributed by atoms with Gasteiger partial charge >= 0.3 is 0 Å². The minimum atomic E-state index is -3.96. The summed E-state index contributed by atoms with van der Waals surface area (Å²) in [6.45, 7) is 6.00. The van der Waals surface area contributed by atoms with E-state index in [1.54, 1.807) is 12.1 Å². The SMILES string of the molecule is CCn1cc(C(=O)NCc2ccco2)c(S(=O)(=O)N2CCN(c3cc(Cl)ccc3C)CC2)n1. The highest BCUT2D eigenvalue weighted by molar-refractivity contribution is 7.89. The smallest absolute Gasteiger partial charge is 0.263 e. The maximum atomic E-state index is 13.5. The van der Waals surface area contributed by atoms with E-state index in [-0.39, 0.29) is 30.2 Å². The quantitative estimate of drug-likeness (QED) is 0.545. The molecule has 4 rings (SSSR count). The highest BCUT2D eigenvalue weighted by Gasteiger charge is 2.35. The number of carbonyl (C=O) groups excluding carboxylic acids is 1. The van der Waals surface area contributed by atoms with Crippen LogP contribution >= 0.6 is 11.6 Å². The minimum absolute atomic E-state index is 0.0246. The van der Waals surface area contributed by atoms with Gasteiger partial charge in [0.1, 0.15) is 5.76 Å². The summed E-state index contributed by atoms with van der Waals surface area (Å²) in [5.41, 5.74) is 2.09. The average Bonchev–Trinajstić information content (AvgIpc) is 3.49. The van der Waals surface area contributed by atoms with E-state index in [1.165, 1.54) is 21.4 Å². The van der Waals surface area contributed by atoms with Gasteiger partial charge in [-0.3, -0.25) is 9.48 Å². The Balaban J connectivity index is 1.52. The number of aromatic nitrogens is 2. The van der Waals surface area contributed by atoms with Crippen LogP contribution in [0.2, 0.25) is 5.02 Å². The van der Waals surface area contributed by atoms with E-state index in [0.29, 0.717) is 30.4 Å². The van der Waals surface area contributed by atoms with Crippen LogP contribution in [0.5, 0.6) is 0 Å². The summed E-state index contributed by atoms with van der Waals surface area (Å²) >= 11 is 6.15. The van der Waals surface area contributed by atoms with Gasteiger partial charge in [0.25, 0.3) is 15.9 Å². The maximum Gasteiger partial charge on any atom is 0.263 e. The zero-order valence-electron chi connectivity index (χ0n) is 18.5. The lowest BCUT2D eigenvalue weighted by Crippen LogP contribution is -2.49. The van der Waals surface area contributed by atoms with E-state index in [2.05, 4.69) is 15.3 Å². The van der Waals surface area contributed by atoms with Crippen LogP contribution < -0.4 is 10.2 Å². The lowest BCUT2D eigenvalue weighted by atomic mass is 10.1. The number of piperazine rings is 1. The summed E-state index contributed by atoms with van der Waals surface area (Å²) in [6, 6.07) is 9.13. The number of sulfonamides is 1. The first-order valence-corrected chi connectivity index (χ1v) is 12.5. The number of anilines is 1. The van der Waals surface area contributed by atoms with Crippen molar-refractivity contribution in [3.8, 4) is 0 Å². The first-order valence-electron chi connectivity index (χ1n) is 10.7. The second-order valence-electron chi connectivity index (χ2n) is 7.79. The molecule has 1 aromatic carbocycles. The van der Waals surface area contributed by atoms with Crippen molar-refractivity contribution in [1.29, 1.82) is 0 Å². The molecule has 11 heteroatoms. The molecule has 0 saturated carbocycles. The molecule has 0 bridgehead atoms. The van der Waals surface area contributed by atoms with Crippen LogP contribution in [0.1, 0.15) is 28.6 Å². The highest BCUT2D eigenvalue weighted by Crippen LogP contribution is 2.27. The molecule has 1 amide bonds. The molecular weight excluding hydrogens is 466 g/mol. The van der Waals surface area contributed by atoms with Gasteiger partial charge in [0.05, 0.1) is 18.4 Å². The summed E-state index contributed by atoms with van der Waals surface area (Å²) in [4.78, 5) is 14.9. The summed E-state index contributed by atoms with van der Waals surface area (Å²) in [5, 5.41) is 7.33. The predicted octanol–water partition coefficient (Wildman–Crippen LogP) is 2.90. The fourth-order valence-electron chi connectivity index (χ4n) is 3.80. The number of halogens is 1. The van der Waals surface area contributed by atoms with Crippen molar-refractivity contribution < 1.29 is 17.6 Å². The monoisotopic (exact) mass is 491 g/mol. The van der Waals surface area contributed by atoms with Gasteiger partial charge in [0, 0.05) is 49.6 Å². The molecule has 0 atom stereocenters. The van der Waals surface area contributed by atoms with Crippen molar-refractivity contribution in [2.75, 3.05) is 31.1 Å². The number of hydrogen-bond acceptors (Lipinski definition) is 6. The molecule has 1 N–H and O–H groups in total. The fourth-order valence-corrected chi connectivity index (χ4v) is 5.49. The molecule has 0 spiro atoms. The van der Waals surface area contributed by atoms with Crippen LogP contribution in [0.15, 0.2) is 52.2 Å². The third-order valence-corrected chi connectivity index (χ3v) is 7.70. The number of amides is 1. The molecule has 1 aliphatic rings. The van der Waals surface area contributed by atoms with Gasteiger partial charge in [-0.1, -0.05) is 17.7 Å². The van der Waals surface area contributed by atoms with Crippen LogP contribution in [0, 0.1) is 6.92 Å². The van der Waals surface area contributed by atoms with E-state index < -0.39 is 15.9 Å². The lowest BCUT2D eigenvalue weighted by molar-refractivity contribution is 0.0944. The van der Waals surface area contributed by atoms with E-state index in [0.717, 1.165) is 11.3 Å². The molecular formula is C22H26ClN5O4S. The Morgan fingerprint density at radius 3 is 2.64 bits per heavy atom. The average molecular weight is 492 g/mol. The third kappa shape index (κ3) is 4.92. The topological polar surface area (TPSA) is 101 Å². The molecule has 2 aromatic heterocycles. The molecule has 3 heterocycles. The normalized spacial score (nSPS) is 15.1. The molecule has 0 radical (unpaired) electrons. The number of benzene rings is 1. The van der Waals surface area contributed by atoms with Crippen LogP contribution in [-0.4, -0.2) is 54.6 Å². The fraction of sp³-hybridized carbons (Fsp3) is 0.364. The molecule has 0 unspecified atom stereocenters. The zero-order valence-corrected chi connectivity index (χ0v) is 20.1. The predicted molar refractivity (Wildman–Crippen MR) is 125 cm³/mol. The standard InChI is InChI=1S/C22H26ClN5O4S/c1-3-27-15-19(21(29)24-14-18-5-4-12-32-18)22(25-27)33(30,31)28-10-8-26(9-11-28)20-13-17(23)7-6-16(20)2/h4-7,12-13,15H,3,8-11,14H2,1-2H3,(H,24,29). The summed E-state index contributed by atoms with van der Waals surface area (Å²) in [6.07, 6.45) is 2.98. The van der Waals surface area contributed by atoms with E-state index >= 15 is 0 Å². The van der Waals surface area contributed by atoms with E-state index in [1.807, 2.05) is 32.0 Å². The molecule has 1 aliphatic heterocycles. The van der Waals surface area contributed by atoms with Crippen LogP contribution in [0.3, 0.4) is 0 Å². The Morgan fingerprint density at radius 2 is 1.97 bits per heavy atom. The van der Waals surface area contributed by atoms with Gasteiger partial charge in [-0.05, 0) is 43.7 Å². The Morgan fingerprint density at radius 1 is 1.21 bits per heavy atom. The molecule has 1 saturated heterocycles. The van der Waals surface area contributed by atoms with Crippen molar-refractivity contribution in [3.63, 3.8) is 0 Å². The molecule has 176 valence electrons. The van der Waals surface area contributed by atoms with Gasteiger partial charge in [-0.25, -0.2) is 8.42 Å². The zero-order chi connectivity index (χ0) is 23.6. The molecule has 33 heavy (non-hydrogen) atoms. The van der Waals surface area contributed by atoms with E-state index in [4.69, 9.17) is 16.0 Å². The minimum Gasteiger partial charge on any atom is -0.467 e. The molecule has 1 fully saturated rings. The number of nitrogens with one attached hydrogen (secondary N) is 1. The number of furan rings is 1. The lowest BCUT2D eigenvalue weighted by Gasteiger charge is -2.35. The first-order chi connectivity index (χ1) is 15.8. The first kappa shape index (κ1) is 23.3. The van der Waals surface area contributed by atoms with Crippen molar-refractivity contribution >= 4 is 33.2 Å². The van der Waals surface area contributed by atoms with Gasteiger partial charge in [0.2, 0.25) is 5.03 Å². The Bertz CT molecular complexity index is 1230. The van der Waals surface area contributed by atoms with E-state index in [9.17, 15) is 13.2 Å². The largest absolute Gasteiger partial charge is 0.467 e. The Hall–Kier alpha value is -2.82. The Labute approximate surface area is 198 Å². The number of hydrogen-bond donors (Lipinski definition) is 1. The number of aryl methyl sites for hydroxylation is 2. The van der Waals surface area contributed by atoms with Gasteiger partial charge in [-0.2, -0.15) is 9.40 Å². The van der Waals surface area contributed by atoms with Gasteiger partial charge in [-0.15, -0.1) is 0 Å². The molecule has 3 aromatic rings. The summed E-state index contributed by atoms with van der Waals surface area (Å²) in [7, 11) is -3.96. The van der Waals surface area contributed by atoms with Crippen molar-refractivity contribution in [2.24, 2.45) is 0 Å². The number of nitrogens with zero attached hydrogens (tertiary/aromatic N) is 4. The third-order valence-electron chi connectivity index (χ3n) is 5.63. The van der Waals surface area contributed by atoms with Crippen molar-refractivity contribution in [3.05, 3.63) is 64.7 Å². The van der Waals surface area contributed by atoms with Crippen molar-refractivity contribution in [2.45, 2.75) is 32.0 Å². The number of carbonyl (C=O) groups is 1. The maximum absolute atomic E-state index is 13.5. The van der Waals surface area contributed by atoms with Gasteiger partial charge in [0.15, 0.2) is 0 Å². The second-order valence-corrected chi connectivity index (χ2v) is 10.1.